The van der Waals surface area contributed by atoms with Gasteiger partial charge in [0.05, 0.1) is 14.2 Å². The third-order valence-corrected chi connectivity index (χ3v) is 4.49. The zero-order valence-electron chi connectivity index (χ0n) is 14.3. The Morgan fingerprint density at radius 3 is 2.69 bits per heavy atom. The maximum Gasteiger partial charge on any atom is 0.161 e. The van der Waals surface area contributed by atoms with Gasteiger partial charge in [-0.05, 0) is 35.9 Å². The lowest BCUT2D eigenvalue weighted by atomic mass is 10.2. The highest BCUT2D eigenvalue weighted by molar-refractivity contribution is 6.31. The molecule has 4 aromatic rings. The highest BCUT2D eigenvalue weighted by Gasteiger charge is 2.11. The molecule has 132 valence electrons. The van der Waals surface area contributed by atoms with Gasteiger partial charge in [-0.15, -0.1) is 0 Å². The summed E-state index contributed by atoms with van der Waals surface area (Å²) in [6.07, 6.45) is 1.55. The maximum atomic E-state index is 6.12. The monoisotopic (exact) mass is 368 g/mol. The number of ether oxygens (including phenoxy) is 2. The molecule has 7 heteroatoms. The predicted molar refractivity (Wildman–Crippen MR) is 103 cm³/mol. The molecule has 0 fully saturated rings. The largest absolute Gasteiger partial charge is 0.493 e. The number of rotatable bonds is 5. The summed E-state index contributed by atoms with van der Waals surface area (Å²) in [5, 5.41) is 5.01. The Morgan fingerprint density at radius 2 is 1.88 bits per heavy atom. The van der Waals surface area contributed by atoms with Crippen LogP contribution in [0.1, 0.15) is 5.56 Å². The van der Waals surface area contributed by atoms with Crippen molar-refractivity contribution >= 4 is 39.4 Å². The van der Waals surface area contributed by atoms with Crippen molar-refractivity contribution in [3.8, 4) is 11.5 Å². The second kappa shape index (κ2) is 6.72. The predicted octanol–water partition coefficient (Wildman–Crippen LogP) is 4.39. The molecule has 4 rings (SSSR count). The molecule has 0 amide bonds. The topological polar surface area (TPSA) is 72.1 Å². The van der Waals surface area contributed by atoms with Gasteiger partial charge >= 0.3 is 0 Å². The van der Waals surface area contributed by atoms with Crippen molar-refractivity contribution in [1.82, 2.24) is 15.0 Å². The molecule has 0 aliphatic heterocycles. The van der Waals surface area contributed by atoms with Crippen LogP contribution in [0.2, 0.25) is 5.02 Å². The second-order valence-corrected chi connectivity index (χ2v) is 6.24. The van der Waals surface area contributed by atoms with E-state index >= 15 is 0 Å². The number of methoxy groups -OCH3 is 2. The van der Waals surface area contributed by atoms with E-state index in [1.54, 1.807) is 20.5 Å². The maximum absolute atomic E-state index is 6.12. The Hall–Kier alpha value is -2.99. The fourth-order valence-corrected chi connectivity index (χ4v) is 3.15. The van der Waals surface area contributed by atoms with Gasteiger partial charge in [0.25, 0.3) is 0 Å². The smallest absolute Gasteiger partial charge is 0.161 e. The average molecular weight is 369 g/mol. The van der Waals surface area contributed by atoms with Crippen molar-refractivity contribution in [2.24, 2.45) is 0 Å². The van der Waals surface area contributed by atoms with Crippen molar-refractivity contribution in [2.45, 2.75) is 6.54 Å². The third-order valence-electron chi connectivity index (χ3n) is 4.25. The molecule has 0 aliphatic rings. The summed E-state index contributed by atoms with van der Waals surface area (Å²) in [6, 6.07) is 11.5. The van der Waals surface area contributed by atoms with Gasteiger partial charge in [0, 0.05) is 22.5 Å². The fourth-order valence-electron chi connectivity index (χ4n) is 2.97. The summed E-state index contributed by atoms with van der Waals surface area (Å²) in [7, 11) is 3.24. The van der Waals surface area contributed by atoms with Crippen LogP contribution in [-0.4, -0.2) is 29.2 Å². The standard InChI is InChI=1S/C19H17ClN4O2/c1-25-15-6-3-11(7-16(15)26-2)9-21-19-18-17(22-10-23-19)13-8-12(20)4-5-14(13)24-18/h3-8,10,24H,9H2,1-2H3,(H,21,22,23). The van der Waals surface area contributed by atoms with E-state index in [1.807, 2.05) is 36.4 Å². The van der Waals surface area contributed by atoms with Gasteiger partial charge in [0.15, 0.2) is 17.3 Å². The van der Waals surface area contributed by atoms with Gasteiger partial charge in [-0.3, -0.25) is 0 Å². The molecule has 6 nitrogen and oxygen atoms in total. The Morgan fingerprint density at radius 1 is 1.04 bits per heavy atom. The number of H-pyrrole nitrogens is 1. The molecule has 0 saturated heterocycles. The normalized spacial score (nSPS) is 11.0. The van der Waals surface area contributed by atoms with Gasteiger partial charge in [-0.25, -0.2) is 9.97 Å². The summed E-state index contributed by atoms with van der Waals surface area (Å²) in [6.45, 7) is 0.586. The van der Waals surface area contributed by atoms with Crippen molar-refractivity contribution in [1.29, 1.82) is 0 Å². The third kappa shape index (κ3) is 2.88. The lowest BCUT2D eigenvalue weighted by Gasteiger charge is -2.11. The van der Waals surface area contributed by atoms with E-state index in [2.05, 4.69) is 20.3 Å². The van der Waals surface area contributed by atoms with Crippen LogP contribution in [0.3, 0.4) is 0 Å². The number of nitrogens with zero attached hydrogens (tertiary/aromatic N) is 2. The molecule has 2 aromatic carbocycles. The van der Waals surface area contributed by atoms with E-state index in [-0.39, 0.29) is 0 Å². The van der Waals surface area contributed by atoms with Gasteiger partial charge in [-0.1, -0.05) is 17.7 Å². The van der Waals surface area contributed by atoms with Crippen molar-refractivity contribution in [3.05, 3.63) is 53.3 Å². The lowest BCUT2D eigenvalue weighted by molar-refractivity contribution is 0.354. The van der Waals surface area contributed by atoms with Gasteiger partial charge < -0.3 is 19.8 Å². The minimum atomic E-state index is 0.586. The molecule has 0 unspecified atom stereocenters. The van der Waals surface area contributed by atoms with Crippen LogP contribution in [0, 0.1) is 0 Å². The molecular weight excluding hydrogens is 352 g/mol. The Labute approximate surface area is 155 Å². The average Bonchev–Trinajstić information content (AvgIpc) is 3.04. The van der Waals surface area contributed by atoms with Crippen LogP contribution in [-0.2, 0) is 6.54 Å². The number of hydrogen-bond donors (Lipinski definition) is 2. The lowest BCUT2D eigenvalue weighted by Crippen LogP contribution is -2.03. The first-order valence-corrected chi connectivity index (χ1v) is 8.44. The molecule has 0 aliphatic carbocycles. The zero-order chi connectivity index (χ0) is 18.1. The van der Waals surface area contributed by atoms with E-state index < -0.39 is 0 Å². The first-order valence-electron chi connectivity index (χ1n) is 8.06. The Kier molecular flexibility index (Phi) is 4.26. The molecule has 0 radical (unpaired) electrons. The fraction of sp³-hybridized carbons (Fsp3) is 0.158. The SMILES string of the molecule is COc1ccc(CNc2ncnc3c2[nH]c2ccc(Cl)cc23)cc1OC. The molecule has 0 atom stereocenters. The van der Waals surface area contributed by atoms with Crippen LogP contribution < -0.4 is 14.8 Å². The number of aromatic nitrogens is 3. The quantitative estimate of drug-likeness (QED) is 0.546. The summed E-state index contributed by atoms with van der Waals surface area (Å²) in [5.74, 6) is 2.13. The number of halogens is 1. The van der Waals surface area contributed by atoms with E-state index in [9.17, 15) is 0 Å². The van der Waals surface area contributed by atoms with Crippen molar-refractivity contribution in [3.63, 3.8) is 0 Å². The van der Waals surface area contributed by atoms with Crippen LogP contribution in [0.25, 0.3) is 21.9 Å². The molecule has 0 bridgehead atoms. The summed E-state index contributed by atoms with van der Waals surface area (Å²) in [5.41, 5.74) is 3.71. The number of anilines is 1. The number of nitrogens with one attached hydrogen (secondary N) is 2. The summed E-state index contributed by atoms with van der Waals surface area (Å²) < 4.78 is 10.6. The van der Waals surface area contributed by atoms with Gasteiger partial charge in [0.1, 0.15) is 17.4 Å². The zero-order valence-corrected chi connectivity index (χ0v) is 15.1. The molecular formula is C19H17ClN4O2. The molecule has 26 heavy (non-hydrogen) atoms. The molecule has 2 N–H and O–H groups in total. The first-order chi connectivity index (χ1) is 12.7. The van der Waals surface area contributed by atoms with Crippen LogP contribution in [0.4, 0.5) is 5.82 Å². The van der Waals surface area contributed by atoms with E-state index in [0.29, 0.717) is 23.1 Å². The summed E-state index contributed by atoms with van der Waals surface area (Å²) >= 11 is 6.12. The van der Waals surface area contributed by atoms with Crippen LogP contribution >= 0.6 is 11.6 Å². The number of aromatic amines is 1. The number of benzene rings is 2. The minimum Gasteiger partial charge on any atom is -0.493 e. The summed E-state index contributed by atoms with van der Waals surface area (Å²) in [4.78, 5) is 12.1. The van der Waals surface area contributed by atoms with Crippen molar-refractivity contribution < 1.29 is 9.47 Å². The first kappa shape index (κ1) is 16.5. The number of hydrogen-bond acceptors (Lipinski definition) is 5. The molecule has 2 heterocycles. The molecule has 0 saturated carbocycles. The Bertz CT molecular complexity index is 1090. The second-order valence-electron chi connectivity index (χ2n) is 5.80. The Balaban J connectivity index is 1.66. The van der Waals surface area contributed by atoms with E-state index in [1.165, 1.54) is 0 Å². The van der Waals surface area contributed by atoms with E-state index in [0.717, 1.165) is 33.3 Å². The van der Waals surface area contributed by atoms with Crippen molar-refractivity contribution in [2.75, 3.05) is 19.5 Å². The van der Waals surface area contributed by atoms with Crippen LogP contribution in [0.5, 0.6) is 11.5 Å². The van der Waals surface area contributed by atoms with Crippen LogP contribution in [0.15, 0.2) is 42.7 Å². The molecule has 0 spiro atoms. The van der Waals surface area contributed by atoms with Gasteiger partial charge in [-0.2, -0.15) is 0 Å². The minimum absolute atomic E-state index is 0.586. The molecule has 2 aromatic heterocycles. The highest BCUT2D eigenvalue weighted by Crippen LogP contribution is 2.30. The highest BCUT2D eigenvalue weighted by atomic mass is 35.5. The number of fused-ring (bicyclic) bond motifs is 3. The van der Waals surface area contributed by atoms with E-state index in [4.69, 9.17) is 21.1 Å². The van der Waals surface area contributed by atoms with Gasteiger partial charge in [0.2, 0.25) is 0 Å².